The van der Waals surface area contributed by atoms with Gasteiger partial charge in [-0.05, 0) is 30.7 Å². The number of H-pyrrole nitrogens is 1. The first-order chi connectivity index (χ1) is 14.4. The molecule has 5 rings (SSSR count). The Morgan fingerprint density at radius 3 is 2.97 bits per heavy atom. The van der Waals surface area contributed by atoms with Gasteiger partial charge in [-0.2, -0.15) is 0 Å². The third-order valence-corrected chi connectivity index (χ3v) is 6.40. The Morgan fingerprint density at radius 2 is 2.17 bits per heavy atom. The predicted octanol–water partition coefficient (Wildman–Crippen LogP) is 1.61. The minimum absolute atomic E-state index is 0.0741. The number of aromatic amines is 1. The van der Waals surface area contributed by atoms with Gasteiger partial charge in [0.1, 0.15) is 23.5 Å². The molecule has 2 aromatic heterocycles. The van der Waals surface area contributed by atoms with Crippen LogP contribution in [0.4, 0.5) is 4.39 Å². The highest BCUT2D eigenvalue weighted by atomic mass is 19.1. The first kappa shape index (κ1) is 19.4. The summed E-state index contributed by atoms with van der Waals surface area (Å²) in [5, 5.41) is 33.4. The highest BCUT2D eigenvalue weighted by Gasteiger charge is 2.59. The molecule has 0 radical (unpaired) electrons. The molecule has 1 aliphatic heterocycles. The van der Waals surface area contributed by atoms with Gasteiger partial charge in [0.2, 0.25) is 0 Å². The van der Waals surface area contributed by atoms with Crippen molar-refractivity contribution < 1.29 is 24.4 Å². The van der Waals surface area contributed by atoms with Gasteiger partial charge in [-0.1, -0.05) is 12.1 Å². The number of β-amino-alcohol motifs (C(OH)–C–C–N with tert-alkyl or cyclic N) is 2. The summed E-state index contributed by atoms with van der Waals surface area (Å²) >= 11 is 0. The number of pyridine rings is 1. The zero-order valence-corrected chi connectivity index (χ0v) is 16.3. The Hall–Kier alpha value is -2.52. The molecule has 1 saturated carbocycles. The molecular weight excluding hydrogens is 389 g/mol. The highest BCUT2D eigenvalue weighted by Crippen LogP contribution is 2.44. The number of nitrogens with zero attached hydrogens (tertiary/aromatic N) is 2. The van der Waals surface area contributed by atoms with Gasteiger partial charge < -0.3 is 25.0 Å². The second-order valence-electron chi connectivity index (χ2n) is 8.35. The number of likely N-dealkylation sites (tertiary alicyclic amines) is 1. The molecule has 0 amide bonds. The maximum absolute atomic E-state index is 13.9. The van der Waals surface area contributed by atoms with E-state index < -0.39 is 29.7 Å². The number of ether oxygens (including phenoxy) is 1. The van der Waals surface area contributed by atoms with E-state index in [1.54, 1.807) is 24.5 Å². The van der Waals surface area contributed by atoms with Gasteiger partial charge >= 0.3 is 0 Å². The number of nitrogens with one attached hydrogen (secondary N) is 1. The Balaban J connectivity index is 1.25. The number of fused-ring (bicyclic) bond motifs is 2. The first-order valence-electron chi connectivity index (χ1n) is 10.1. The minimum Gasteiger partial charge on any atom is -0.485 e. The van der Waals surface area contributed by atoms with Gasteiger partial charge in [0.05, 0.1) is 6.10 Å². The summed E-state index contributed by atoms with van der Waals surface area (Å²) in [5.74, 6) is -0.640. The monoisotopic (exact) mass is 413 g/mol. The highest BCUT2D eigenvalue weighted by molar-refractivity contribution is 5.75. The number of aromatic nitrogens is 2. The maximum atomic E-state index is 13.9. The lowest BCUT2D eigenvalue weighted by Gasteiger charge is -2.29. The van der Waals surface area contributed by atoms with Crippen molar-refractivity contribution in [1.29, 1.82) is 0 Å². The number of hydrogen-bond acceptors (Lipinski definition) is 6. The van der Waals surface area contributed by atoms with E-state index in [4.69, 9.17) is 4.74 Å². The van der Waals surface area contributed by atoms with Gasteiger partial charge in [-0.3, -0.25) is 4.90 Å². The number of halogens is 1. The lowest BCUT2D eigenvalue weighted by molar-refractivity contribution is -0.0879. The molecule has 1 unspecified atom stereocenters. The normalized spacial score (nSPS) is 29.9. The molecule has 3 heterocycles. The zero-order chi connectivity index (χ0) is 20.9. The van der Waals surface area contributed by atoms with Crippen LogP contribution in [0.2, 0.25) is 0 Å². The Bertz CT molecular complexity index is 1060. The lowest BCUT2D eigenvalue weighted by atomic mass is 9.93. The van der Waals surface area contributed by atoms with Crippen molar-refractivity contribution in [2.24, 2.45) is 5.92 Å². The fourth-order valence-corrected chi connectivity index (χ4v) is 4.81. The molecule has 1 aromatic carbocycles. The van der Waals surface area contributed by atoms with E-state index in [9.17, 15) is 19.7 Å². The molecule has 1 saturated heterocycles. The summed E-state index contributed by atoms with van der Waals surface area (Å²) in [5.41, 5.74) is 0.117. The molecule has 2 fully saturated rings. The molecule has 0 spiro atoms. The number of para-hydroxylation sites is 1. The number of aliphatic hydroxyl groups excluding tert-OH is 2. The maximum Gasteiger partial charge on any atom is 0.165 e. The third-order valence-electron chi connectivity index (χ3n) is 6.40. The fourth-order valence-electron chi connectivity index (χ4n) is 4.81. The Kier molecular flexibility index (Phi) is 4.74. The van der Waals surface area contributed by atoms with E-state index in [0.29, 0.717) is 25.1 Å². The van der Waals surface area contributed by atoms with Gasteiger partial charge in [0.15, 0.2) is 11.6 Å². The average molecular weight is 413 g/mol. The molecule has 1 aliphatic carbocycles. The van der Waals surface area contributed by atoms with Crippen molar-refractivity contribution in [3.05, 3.63) is 60.2 Å². The standard InChI is InChI=1S/C22H24FN3O4/c23-16-3-1-2-4-18(16)30-19-8-15-10-26(12-22(15,29)20(19)28)11-17(27)14-7-13-5-6-24-21(13)25-9-14/h1-7,9,15,17,19-20,27-29H,8,10-12H2,(H,24,25)/t15-,17?,19+,20+,22-/m1/s1. The first-order valence-corrected chi connectivity index (χ1v) is 10.1. The molecule has 30 heavy (non-hydrogen) atoms. The number of aliphatic hydroxyl groups is 3. The molecule has 3 aromatic rings. The van der Waals surface area contributed by atoms with Crippen LogP contribution in [0, 0.1) is 11.7 Å². The van der Waals surface area contributed by atoms with Crippen LogP contribution in [0.1, 0.15) is 18.1 Å². The summed E-state index contributed by atoms with van der Waals surface area (Å²) in [7, 11) is 0. The molecule has 0 bridgehead atoms. The van der Waals surface area contributed by atoms with Crippen molar-refractivity contribution in [3.8, 4) is 5.75 Å². The van der Waals surface area contributed by atoms with Crippen molar-refractivity contribution in [3.63, 3.8) is 0 Å². The fraction of sp³-hybridized carbons (Fsp3) is 0.409. The van der Waals surface area contributed by atoms with Crippen molar-refractivity contribution in [2.45, 2.75) is 30.3 Å². The SMILES string of the molecule is OC(CN1C[C@H]2C[C@H](Oc3ccccc3F)[C@H](O)[C@@]2(O)C1)c1cnc2[nH]ccc2c1. The molecule has 2 aliphatic rings. The van der Waals surface area contributed by atoms with Crippen LogP contribution in [0.25, 0.3) is 11.0 Å². The summed E-state index contributed by atoms with van der Waals surface area (Å²) in [6.07, 6.45) is 1.28. The summed E-state index contributed by atoms with van der Waals surface area (Å²) in [6, 6.07) is 9.84. The van der Waals surface area contributed by atoms with E-state index in [1.807, 2.05) is 17.0 Å². The van der Waals surface area contributed by atoms with Crippen LogP contribution in [-0.4, -0.2) is 67.6 Å². The van der Waals surface area contributed by atoms with Crippen molar-refractivity contribution in [1.82, 2.24) is 14.9 Å². The molecule has 158 valence electrons. The van der Waals surface area contributed by atoms with E-state index in [-0.39, 0.29) is 18.2 Å². The van der Waals surface area contributed by atoms with Gasteiger partial charge in [0.25, 0.3) is 0 Å². The van der Waals surface area contributed by atoms with Gasteiger partial charge in [-0.25, -0.2) is 9.37 Å². The summed E-state index contributed by atoms with van der Waals surface area (Å²) < 4.78 is 19.6. The molecular formula is C22H24FN3O4. The average Bonchev–Trinajstić information content (AvgIpc) is 3.37. The van der Waals surface area contributed by atoms with Gasteiger partial charge in [0, 0.05) is 48.9 Å². The minimum atomic E-state index is -1.35. The largest absolute Gasteiger partial charge is 0.485 e. The van der Waals surface area contributed by atoms with Crippen LogP contribution in [0.3, 0.4) is 0 Å². The molecule has 8 heteroatoms. The quantitative estimate of drug-likeness (QED) is 0.507. The Morgan fingerprint density at radius 1 is 1.33 bits per heavy atom. The van der Waals surface area contributed by atoms with E-state index in [0.717, 1.165) is 11.0 Å². The van der Waals surface area contributed by atoms with Crippen LogP contribution < -0.4 is 4.74 Å². The van der Waals surface area contributed by atoms with E-state index in [2.05, 4.69) is 9.97 Å². The number of hydrogen-bond donors (Lipinski definition) is 4. The van der Waals surface area contributed by atoms with E-state index in [1.165, 1.54) is 12.1 Å². The van der Waals surface area contributed by atoms with Crippen molar-refractivity contribution >= 4 is 11.0 Å². The van der Waals surface area contributed by atoms with Crippen molar-refractivity contribution in [2.75, 3.05) is 19.6 Å². The Labute approximate surface area is 172 Å². The molecule has 7 nitrogen and oxygen atoms in total. The summed E-state index contributed by atoms with van der Waals surface area (Å²) in [4.78, 5) is 9.27. The molecule has 5 atom stereocenters. The summed E-state index contributed by atoms with van der Waals surface area (Å²) in [6.45, 7) is 1.05. The van der Waals surface area contributed by atoms with E-state index >= 15 is 0 Å². The smallest absolute Gasteiger partial charge is 0.165 e. The van der Waals surface area contributed by atoms with Crippen LogP contribution in [-0.2, 0) is 0 Å². The predicted molar refractivity (Wildman–Crippen MR) is 107 cm³/mol. The number of rotatable bonds is 5. The lowest BCUT2D eigenvalue weighted by Crippen LogP contribution is -2.49. The van der Waals surface area contributed by atoms with Crippen LogP contribution >= 0.6 is 0 Å². The van der Waals surface area contributed by atoms with Crippen LogP contribution in [0.5, 0.6) is 5.75 Å². The zero-order valence-electron chi connectivity index (χ0n) is 16.3. The van der Waals surface area contributed by atoms with Crippen LogP contribution in [0.15, 0.2) is 48.8 Å². The molecule has 4 N–H and O–H groups in total. The second kappa shape index (κ2) is 7.31. The topological polar surface area (TPSA) is 102 Å². The number of benzene rings is 1. The second-order valence-corrected chi connectivity index (χ2v) is 8.35. The third kappa shape index (κ3) is 3.26. The van der Waals surface area contributed by atoms with Gasteiger partial charge in [-0.15, -0.1) is 0 Å².